The van der Waals surface area contributed by atoms with E-state index in [1.807, 2.05) is 6.92 Å². The third kappa shape index (κ3) is 4.01. The molecular formula is C17H24N2O5S. The van der Waals surface area contributed by atoms with E-state index in [9.17, 15) is 23.1 Å². The van der Waals surface area contributed by atoms with Crippen LogP contribution in [-0.2, 0) is 14.8 Å². The number of carboxylic acid groups (broad SMARTS) is 1. The molecule has 1 aliphatic rings. The van der Waals surface area contributed by atoms with Gasteiger partial charge in [-0.1, -0.05) is 25.5 Å². The van der Waals surface area contributed by atoms with E-state index >= 15 is 0 Å². The number of carbonyl (C=O) groups is 2. The largest absolute Gasteiger partial charge is 0.480 e. The molecule has 1 heterocycles. The van der Waals surface area contributed by atoms with Gasteiger partial charge >= 0.3 is 5.97 Å². The van der Waals surface area contributed by atoms with Crippen LogP contribution in [0.3, 0.4) is 0 Å². The first-order valence-electron chi connectivity index (χ1n) is 8.39. The highest BCUT2D eigenvalue weighted by molar-refractivity contribution is 7.89. The van der Waals surface area contributed by atoms with Gasteiger partial charge < -0.3 is 10.0 Å². The van der Waals surface area contributed by atoms with Crippen LogP contribution in [0.5, 0.6) is 0 Å². The predicted octanol–water partition coefficient (Wildman–Crippen LogP) is 1.80. The molecular weight excluding hydrogens is 344 g/mol. The fourth-order valence-corrected chi connectivity index (χ4v) is 4.81. The molecule has 0 saturated carbocycles. The molecule has 0 unspecified atom stereocenters. The van der Waals surface area contributed by atoms with Crippen molar-refractivity contribution in [3.63, 3.8) is 0 Å². The van der Waals surface area contributed by atoms with Crippen LogP contribution in [0, 0.1) is 0 Å². The van der Waals surface area contributed by atoms with E-state index in [0.717, 1.165) is 17.1 Å². The van der Waals surface area contributed by atoms with Crippen LogP contribution in [0.1, 0.15) is 43.0 Å². The molecule has 1 saturated heterocycles. The predicted molar refractivity (Wildman–Crippen MR) is 92.9 cm³/mol. The second-order valence-electron chi connectivity index (χ2n) is 6.19. The zero-order valence-electron chi connectivity index (χ0n) is 14.5. The average molecular weight is 368 g/mol. The van der Waals surface area contributed by atoms with Gasteiger partial charge in [0.2, 0.25) is 10.0 Å². The lowest BCUT2D eigenvalue weighted by Crippen LogP contribution is -2.41. The highest BCUT2D eigenvalue weighted by Gasteiger charge is 2.40. The van der Waals surface area contributed by atoms with Crippen LogP contribution in [-0.4, -0.2) is 60.8 Å². The molecule has 2 rings (SSSR count). The fraction of sp³-hybridized carbons (Fsp3) is 0.529. The number of nitrogens with zero attached hydrogens (tertiary/aromatic N) is 2. The lowest BCUT2D eigenvalue weighted by Gasteiger charge is -2.24. The molecule has 1 aliphatic heterocycles. The van der Waals surface area contributed by atoms with Crippen LogP contribution >= 0.6 is 0 Å². The van der Waals surface area contributed by atoms with Crippen molar-refractivity contribution in [1.82, 2.24) is 9.21 Å². The standard InChI is InChI=1S/C17H24N2O5S/c1-3-4-11-18(2)16(20)13-8-5-6-10-15(13)25(23,24)19-12-7-9-14(19)17(21)22/h5-6,8,10,14H,3-4,7,9,11-12H2,1-2H3,(H,21,22)/t14-/m0/s1. The lowest BCUT2D eigenvalue weighted by molar-refractivity contribution is -0.140. The van der Waals surface area contributed by atoms with Crippen molar-refractivity contribution in [2.24, 2.45) is 0 Å². The Hall–Kier alpha value is -1.93. The summed E-state index contributed by atoms with van der Waals surface area (Å²) < 4.78 is 27.0. The van der Waals surface area contributed by atoms with E-state index in [1.165, 1.54) is 17.0 Å². The second kappa shape index (κ2) is 7.97. The maximum absolute atomic E-state index is 13.0. The Morgan fingerprint density at radius 2 is 2.00 bits per heavy atom. The minimum atomic E-state index is -4.06. The summed E-state index contributed by atoms with van der Waals surface area (Å²) in [7, 11) is -2.42. The SMILES string of the molecule is CCCCN(C)C(=O)c1ccccc1S(=O)(=O)N1CCC[C@H]1C(=O)O. The molecule has 1 amide bonds. The molecule has 7 nitrogen and oxygen atoms in total. The molecule has 0 aliphatic carbocycles. The molecule has 0 radical (unpaired) electrons. The molecule has 1 atom stereocenters. The monoisotopic (exact) mass is 368 g/mol. The number of carbonyl (C=O) groups excluding carboxylic acids is 1. The van der Waals surface area contributed by atoms with Gasteiger partial charge in [0.15, 0.2) is 0 Å². The quantitative estimate of drug-likeness (QED) is 0.792. The Balaban J connectivity index is 2.39. The lowest BCUT2D eigenvalue weighted by atomic mass is 10.2. The average Bonchev–Trinajstić information content (AvgIpc) is 3.10. The third-order valence-electron chi connectivity index (χ3n) is 4.39. The minimum Gasteiger partial charge on any atom is -0.480 e. The maximum Gasteiger partial charge on any atom is 0.322 e. The Kier molecular flexibility index (Phi) is 6.18. The van der Waals surface area contributed by atoms with Crippen molar-refractivity contribution in [3.8, 4) is 0 Å². The van der Waals surface area contributed by atoms with Crippen LogP contribution < -0.4 is 0 Å². The van der Waals surface area contributed by atoms with E-state index in [4.69, 9.17) is 0 Å². The number of sulfonamides is 1. The number of hydrogen-bond donors (Lipinski definition) is 1. The highest BCUT2D eigenvalue weighted by atomic mass is 32.2. The summed E-state index contributed by atoms with van der Waals surface area (Å²) in [5.74, 6) is -1.54. The first-order chi connectivity index (χ1) is 11.8. The normalized spacial score (nSPS) is 18.2. The van der Waals surface area contributed by atoms with Crippen molar-refractivity contribution >= 4 is 21.9 Å². The maximum atomic E-state index is 13.0. The Bertz CT molecular complexity index is 747. The molecule has 1 aromatic rings. The molecule has 0 aromatic heterocycles. The molecule has 0 bridgehead atoms. The topological polar surface area (TPSA) is 95.0 Å². The van der Waals surface area contributed by atoms with E-state index in [1.54, 1.807) is 19.2 Å². The summed E-state index contributed by atoms with van der Waals surface area (Å²) in [6.45, 7) is 2.69. The van der Waals surface area contributed by atoms with Gasteiger partial charge in [0.1, 0.15) is 6.04 Å². The van der Waals surface area contributed by atoms with E-state index in [0.29, 0.717) is 13.0 Å². The number of hydrogen-bond acceptors (Lipinski definition) is 4. The van der Waals surface area contributed by atoms with Gasteiger partial charge in [-0.3, -0.25) is 9.59 Å². The number of rotatable bonds is 7. The van der Waals surface area contributed by atoms with Crippen LogP contribution in [0.15, 0.2) is 29.2 Å². The minimum absolute atomic E-state index is 0.0807. The third-order valence-corrected chi connectivity index (χ3v) is 6.35. The first-order valence-corrected chi connectivity index (χ1v) is 9.83. The van der Waals surface area contributed by atoms with Crippen molar-refractivity contribution < 1.29 is 23.1 Å². The van der Waals surface area contributed by atoms with Gasteiger partial charge in [-0.05, 0) is 31.4 Å². The van der Waals surface area contributed by atoms with Gasteiger partial charge in [-0.15, -0.1) is 0 Å². The summed E-state index contributed by atoms with van der Waals surface area (Å²) in [6, 6.07) is 4.92. The number of benzene rings is 1. The molecule has 0 spiro atoms. The number of amides is 1. The summed E-state index contributed by atoms with van der Waals surface area (Å²) >= 11 is 0. The van der Waals surface area contributed by atoms with Gasteiger partial charge in [0.05, 0.1) is 10.5 Å². The van der Waals surface area contributed by atoms with Crippen molar-refractivity contribution in [2.75, 3.05) is 20.1 Å². The molecule has 138 valence electrons. The van der Waals surface area contributed by atoms with E-state index in [-0.39, 0.29) is 29.3 Å². The number of unbranched alkanes of at least 4 members (excludes halogenated alkanes) is 1. The van der Waals surface area contributed by atoms with E-state index in [2.05, 4.69) is 0 Å². The smallest absolute Gasteiger partial charge is 0.322 e. The molecule has 1 aromatic carbocycles. The number of aliphatic carboxylic acids is 1. The summed E-state index contributed by atoms with van der Waals surface area (Å²) in [5, 5.41) is 9.28. The fourth-order valence-electron chi connectivity index (χ4n) is 2.97. The van der Waals surface area contributed by atoms with Crippen molar-refractivity contribution in [2.45, 2.75) is 43.5 Å². The number of carboxylic acids is 1. The first kappa shape index (κ1) is 19.4. The molecule has 8 heteroatoms. The molecule has 1 fully saturated rings. The zero-order valence-corrected chi connectivity index (χ0v) is 15.3. The van der Waals surface area contributed by atoms with Gasteiger partial charge in [-0.2, -0.15) is 4.31 Å². The molecule has 25 heavy (non-hydrogen) atoms. The Morgan fingerprint density at radius 1 is 1.32 bits per heavy atom. The van der Waals surface area contributed by atoms with Gasteiger partial charge in [-0.25, -0.2) is 8.42 Å². The summed E-state index contributed by atoms with van der Waals surface area (Å²) in [4.78, 5) is 25.4. The van der Waals surface area contributed by atoms with Crippen molar-refractivity contribution in [3.05, 3.63) is 29.8 Å². The van der Waals surface area contributed by atoms with Crippen LogP contribution in [0.25, 0.3) is 0 Å². The van der Waals surface area contributed by atoms with Crippen LogP contribution in [0.2, 0.25) is 0 Å². The van der Waals surface area contributed by atoms with Gasteiger partial charge in [0, 0.05) is 20.1 Å². The summed E-state index contributed by atoms with van der Waals surface area (Å²) in [5.41, 5.74) is 0.0807. The molecule has 1 N–H and O–H groups in total. The second-order valence-corrected chi connectivity index (χ2v) is 8.05. The highest BCUT2D eigenvalue weighted by Crippen LogP contribution is 2.28. The Labute approximate surface area is 148 Å². The summed E-state index contributed by atoms with van der Waals surface area (Å²) in [6.07, 6.45) is 2.51. The zero-order chi connectivity index (χ0) is 18.6. The Morgan fingerprint density at radius 3 is 2.64 bits per heavy atom. The van der Waals surface area contributed by atoms with Crippen molar-refractivity contribution in [1.29, 1.82) is 0 Å². The van der Waals surface area contributed by atoms with Crippen LogP contribution in [0.4, 0.5) is 0 Å². The van der Waals surface area contributed by atoms with E-state index < -0.39 is 22.0 Å². The van der Waals surface area contributed by atoms with Gasteiger partial charge in [0.25, 0.3) is 5.91 Å².